The van der Waals surface area contributed by atoms with Crippen molar-refractivity contribution in [1.82, 2.24) is 10.2 Å². The number of nitrogens with one attached hydrogen (secondary N) is 1. The molecule has 0 spiro atoms. The summed E-state index contributed by atoms with van der Waals surface area (Å²) in [4.78, 5) is 24.9. The second-order valence-corrected chi connectivity index (χ2v) is 4.92. The monoisotopic (exact) mass is 228 g/mol. The molecule has 0 bridgehead atoms. The molecule has 90 valence electrons. The summed E-state index contributed by atoms with van der Waals surface area (Å²) < 4.78 is 12.9. The number of amides is 2. The molecule has 4 nitrogen and oxygen atoms in total. The standard InChI is InChI=1S/C11H17FN2O2/c1-8-5-14(6-9(15)13-8)10(16)11(7-12)3-2-4-11/h8H,2-7H2,1H3,(H,13,15)/t8-/m0/s1. The van der Waals surface area contributed by atoms with Gasteiger partial charge in [-0.2, -0.15) is 0 Å². The third-order valence-corrected chi connectivity index (χ3v) is 3.54. The second kappa shape index (κ2) is 4.03. The molecule has 1 atom stereocenters. The molecule has 2 fully saturated rings. The average Bonchev–Trinajstić information content (AvgIpc) is 2.15. The molecule has 2 rings (SSSR count). The van der Waals surface area contributed by atoms with E-state index in [0.717, 1.165) is 6.42 Å². The summed E-state index contributed by atoms with van der Waals surface area (Å²) in [5, 5.41) is 2.74. The Morgan fingerprint density at radius 2 is 2.31 bits per heavy atom. The summed E-state index contributed by atoms with van der Waals surface area (Å²) in [5.41, 5.74) is -0.808. The van der Waals surface area contributed by atoms with Gasteiger partial charge in [-0.05, 0) is 19.8 Å². The highest BCUT2D eigenvalue weighted by Crippen LogP contribution is 2.43. The number of hydrogen-bond acceptors (Lipinski definition) is 2. The Kier molecular flexibility index (Phi) is 2.86. The highest BCUT2D eigenvalue weighted by atomic mass is 19.1. The quantitative estimate of drug-likeness (QED) is 0.747. The summed E-state index contributed by atoms with van der Waals surface area (Å²) in [7, 11) is 0. The van der Waals surface area contributed by atoms with Gasteiger partial charge in [-0.3, -0.25) is 9.59 Å². The summed E-state index contributed by atoms with van der Waals surface area (Å²) >= 11 is 0. The molecule has 1 saturated heterocycles. The first-order valence-corrected chi connectivity index (χ1v) is 5.72. The van der Waals surface area contributed by atoms with E-state index in [1.807, 2.05) is 6.92 Å². The number of carbonyl (C=O) groups is 2. The summed E-state index contributed by atoms with van der Waals surface area (Å²) in [6.45, 7) is 1.82. The zero-order valence-electron chi connectivity index (χ0n) is 9.46. The van der Waals surface area contributed by atoms with Crippen molar-refractivity contribution in [3.05, 3.63) is 0 Å². The second-order valence-electron chi connectivity index (χ2n) is 4.92. The van der Waals surface area contributed by atoms with Crippen LogP contribution in [0.2, 0.25) is 0 Å². The van der Waals surface area contributed by atoms with E-state index in [1.54, 1.807) is 0 Å². The molecule has 0 radical (unpaired) electrons. The van der Waals surface area contributed by atoms with Gasteiger partial charge in [-0.15, -0.1) is 0 Å². The fraction of sp³-hybridized carbons (Fsp3) is 0.818. The van der Waals surface area contributed by atoms with Gasteiger partial charge < -0.3 is 10.2 Å². The fourth-order valence-corrected chi connectivity index (χ4v) is 2.43. The molecule has 0 unspecified atom stereocenters. The smallest absolute Gasteiger partial charge is 0.239 e. The minimum atomic E-state index is -0.808. The van der Waals surface area contributed by atoms with E-state index in [2.05, 4.69) is 5.32 Å². The van der Waals surface area contributed by atoms with E-state index in [1.165, 1.54) is 4.90 Å². The third kappa shape index (κ3) is 1.79. The van der Waals surface area contributed by atoms with Gasteiger partial charge in [-0.25, -0.2) is 4.39 Å². The van der Waals surface area contributed by atoms with Crippen molar-refractivity contribution in [3.8, 4) is 0 Å². The molecule has 1 saturated carbocycles. The Bertz CT molecular complexity index is 310. The van der Waals surface area contributed by atoms with Gasteiger partial charge in [0.25, 0.3) is 0 Å². The van der Waals surface area contributed by atoms with Crippen LogP contribution in [0.3, 0.4) is 0 Å². The molecule has 1 aliphatic heterocycles. The van der Waals surface area contributed by atoms with Crippen LogP contribution in [0.4, 0.5) is 4.39 Å². The normalized spacial score (nSPS) is 28.2. The molecular weight excluding hydrogens is 211 g/mol. The predicted octanol–water partition coefficient (Wildman–Crippen LogP) is 0.473. The van der Waals surface area contributed by atoms with E-state index in [0.29, 0.717) is 19.4 Å². The minimum Gasteiger partial charge on any atom is -0.350 e. The number of rotatable bonds is 2. The van der Waals surface area contributed by atoms with E-state index in [4.69, 9.17) is 0 Å². The molecule has 2 aliphatic rings. The van der Waals surface area contributed by atoms with Crippen LogP contribution >= 0.6 is 0 Å². The van der Waals surface area contributed by atoms with E-state index >= 15 is 0 Å². The highest BCUT2D eigenvalue weighted by Gasteiger charge is 2.47. The van der Waals surface area contributed by atoms with Crippen molar-refractivity contribution in [3.63, 3.8) is 0 Å². The number of hydrogen-bond donors (Lipinski definition) is 1. The van der Waals surface area contributed by atoms with Gasteiger partial charge in [0.2, 0.25) is 11.8 Å². The first kappa shape index (κ1) is 11.4. The number of nitrogens with zero attached hydrogens (tertiary/aromatic N) is 1. The van der Waals surface area contributed by atoms with Crippen LogP contribution in [0.5, 0.6) is 0 Å². The van der Waals surface area contributed by atoms with Crippen LogP contribution in [0.25, 0.3) is 0 Å². The van der Waals surface area contributed by atoms with E-state index < -0.39 is 12.1 Å². The van der Waals surface area contributed by atoms with Crippen LogP contribution in [0, 0.1) is 5.41 Å². The van der Waals surface area contributed by atoms with Crippen molar-refractivity contribution in [2.45, 2.75) is 32.2 Å². The first-order valence-electron chi connectivity index (χ1n) is 5.72. The van der Waals surface area contributed by atoms with E-state index in [-0.39, 0.29) is 24.4 Å². The van der Waals surface area contributed by atoms with Crippen LogP contribution in [-0.4, -0.2) is 42.5 Å². The third-order valence-electron chi connectivity index (χ3n) is 3.54. The van der Waals surface area contributed by atoms with Crippen LogP contribution in [0.15, 0.2) is 0 Å². The lowest BCUT2D eigenvalue weighted by Gasteiger charge is -2.43. The maximum atomic E-state index is 12.9. The van der Waals surface area contributed by atoms with Crippen LogP contribution in [0.1, 0.15) is 26.2 Å². The van der Waals surface area contributed by atoms with Gasteiger partial charge >= 0.3 is 0 Å². The van der Waals surface area contributed by atoms with Crippen molar-refractivity contribution in [2.75, 3.05) is 19.8 Å². The molecule has 16 heavy (non-hydrogen) atoms. The van der Waals surface area contributed by atoms with Gasteiger partial charge in [0, 0.05) is 12.6 Å². The van der Waals surface area contributed by atoms with Gasteiger partial charge in [-0.1, -0.05) is 6.42 Å². The predicted molar refractivity (Wildman–Crippen MR) is 56.4 cm³/mol. The number of carbonyl (C=O) groups excluding carboxylic acids is 2. The number of piperazine rings is 1. The Labute approximate surface area is 94.2 Å². The molecule has 1 aliphatic carbocycles. The maximum Gasteiger partial charge on any atom is 0.239 e. The molecule has 1 heterocycles. The molecule has 0 aromatic carbocycles. The van der Waals surface area contributed by atoms with Gasteiger partial charge in [0.1, 0.15) is 6.67 Å². The minimum absolute atomic E-state index is 0.0399. The lowest BCUT2D eigenvalue weighted by Crippen LogP contribution is -2.59. The topological polar surface area (TPSA) is 49.4 Å². The lowest BCUT2D eigenvalue weighted by atomic mass is 9.68. The Balaban J connectivity index is 2.06. The molecule has 0 aromatic heterocycles. The zero-order valence-corrected chi connectivity index (χ0v) is 9.46. The van der Waals surface area contributed by atoms with Gasteiger partial charge in [0.15, 0.2) is 0 Å². The Morgan fingerprint density at radius 3 is 2.75 bits per heavy atom. The first-order chi connectivity index (χ1) is 7.57. The van der Waals surface area contributed by atoms with Gasteiger partial charge in [0.05, 0.1) is 12.0 Å². The van der Waals surface area contributed by atoms with Crippen molar-refractivity contribution in [2.24, 2.45) is 5.41 Å². The molecule has 5 heteroatoms. The lowest BCUT2D eigenvalue weighted by molar-refractivity contribution is -0.153. The maximum absolute atomic E-state index is 12.9. The molecule has 1 N–H and O–H groups in total. The molecule has 0 aromatic rings. The highest BCUT2D eigenvalue weighted by molar-refractivity contribution is 5.89. The number of halogens is 1. The number of alkyl halides is 1. The zero-order chi connectivity index (χ0) is 11.8. The molecular formula is C11H17FN2O2. The Hall–Kier alpha value is -1.13. The average molecular weight is 228 g/mol. The summed E-state index contributed by atoms with van der Waals surface area (Å²) in [5.74, 6) is -0.330. The van der Waals surface area contributed by atoms with Crippen molar-refractivity contribution in [1.29, 1.82) is 0 Å². The Morgan fingerprint density at radius 1 is 1.62 bits per heavy atom. The van der Waals surface area contributed by atoms with E-state index in [9.17, 15) is 14.0 Å². The van der Waals surface area contributed by atoms with Crippen LogP contribution in [-0.2, 0) is 9.59 Å². The van der Waals surface area contributed by atoms with Crippen molar-refractivity contribution < 1.29 is 14.0 Å². The van der Waals surface area contributed by atoms with Crippen molar-refractivity contribution >= 4 is 11.8 Å². The fourth-order valence-electron chi connectivity index (χ4n) is 2.43. The van der Waals surface area contributed by atoms with Crippen LogP contribution < -0.4 is 5.32 Å². The summed E-state index contributed by atoms with van der Waals surface area (Å²) in [6, 6.07) is -0.0399. The summed E-state index contributed by atoms with van der Waals surface area (Å²) in [6.07, 6.45) is 2.15. The molecule has 2 amide bonds. The largest absolute Gasteiger partial charge is 0.350 e. The SMILES string of the molecule is C[C@H]1CN(C(=O)C2(CF)CCC2)CC(=O)N1.